The molecule has 0 fully saturated rings. The lowest BCUT2D eigenvalue weighted by Gasteiger charge is -1.99. The third-order valence-electron chi connectivity index (χ3n) is 1.33. The number of thioether (sulfide) groups is 1. The Bertz CT molecular complexity index is 301. The van der Waals surface area contributed by atoms with Gasteiger partial charge in [0, 0.05) is 11.1 Å². The lowest BCUT2D eigenvalue weighted by Crippen LogP contribution is -2.14. The third kappa shape index (κ3) is 4.08. The largest absolute Gasteiger partial charge is 0.396 e. The van der Waals surface area contributed by atoms with E-state index >= 15 is 0 Å². The molecule has 0 radical (unpaired) electrons. The van der Waals surface area contributed by atoms with E-state index in [2.05, 4.69) is 10.3 Å². The Labute approximate surface area is 90.7 Å². The van der Waals surface area contributed by atoms with Crippen molar-refractivity contribution in [3.63, 3.8) is 0 Å². The Hall–Kier alpha value is -0.590. The Kier molecular flexibility index (Phi) is 4.92. The molecule has 2 N–H and O–H groups in total. The molecule has 1 aromatic rings. The molecule has 0 saturated carbocycles. The predicted octanol–water partition coefficient (Wildman–Crippen LogP) is 1.12. The number of carbonyl (C=O) groups excluding carboxylic acids is 1. The van der Waals surface area contributed by atoms with Crippen molar-refractivity contribution in [2.45, 2.75) is 6.92 Å². The number of hydrogen-bond acceptors (Lipinski definition) is 5. The molecule has 4 nitrogen and oxygen atoms in total. The maximum atomic E-state index is 11.2. The Morgan fingerprint density at radius 2 is 2.57 bits per heavy atom. The molecule has 14 heavy (non-hydrogen) atoms. The standard InChI is InChI=1S/C8H12N2O2S2/c1-6-4-14-8(9-6)10-7(12)5-13-3-2-11/h4,11H,2-3,5H2,1H3,(H,9,10,12). The van der Waals surface area contributed by atoms with Gasteiger partial charge in [-0.2, -0.15) is 0 Å². The minimum atomic E-state index is -0.0715. The van der Waals surface area contributed by atoms with Crippen molar-refractivity contribution in [1.29, 1.82) is 0 Å². The predicted molar refractivity (Wildman–Crippen MR) is 59.9 cm³/mol. The second kappa shape index (κ2) is 6.00. The van der Waals surface area contributed by atoms with Gasteiger partial charge >= 0.3 is 0 Å². The number of nitrogens with zero attached hydrogens (tertiary/aromatic N) is 1. The molecule has 0 aliphatic rings. The van der Waals surface area contributed by atoms with E-state index in [-0.39, 0.29) is 12.5 Å². The minimum absolute atomic E-state index is 0.0715. The van der Waals surface area contributed by atoms with E-state index in [4.69, 9.17) is 5.11 Å². The average Bonchev–Trinajstić information content (AvgIpc) is 2.52. The van der Waals surface area contributed by atoms with Crippen molar-refractivity contribution in [3.05, 3.63) is 11.1 Å². The maximum absolute atomic E-state index is 11.2. The summed E-state index contributed by atoms with van der Waals surface area (Å²) in [5.41, 5.74) is 0.910. The van der Waals surface area contributed by atoms with Crippen LogP contribution in [-0.2, 0) is 4.79 Å². The summed E-state index contributed by atoms with van der Waals surface area (Å²) in [6.07, 6.45) is 0. The summed E-state index contributed by atoms with van der Waals surface area (Å²) in [6, 6.07) is 0. The van der Waals surface area contributed by atoms with Crippen LogP contribution in [0.25, 0.3) is 0 Å². The van der Waals surface area contributed by atoms with Crippen molar-refractivity contribution in [2.24, 2.45) is 0 Å². The average molecular weight is 232 g/mol. The van der Waals surface area contributed by atoms with Crippen molar-refractivity contribution in [2.75, 3.05) is 23.4 Å². The number of aliphatic hydroxyl groups excluding tert-OH is 1. The number of hydrogen-bond donors (Lipinski definition) is 2. The summed E-state index contributed by atoms with van der Waals surface area (Å²) >= 11 is 2.82. The molecule has 6 heteroatoms. The summed E-state index contributed by atoms with van der Waals surface area (Å²) in [5.74, 6) is 0.876. The normalized spacial score (nSPS) is 10.1. The number of nitrogens with one attached hydrogen (secondary N) is 1. The quantitative estimate of drug-likeness (QED) is 0.747. The molecule has 78 valence electrons. The monoisotopic (exact) mass is 232 g/mol. The van der Waals surface area contributed by atoms with Crippen LogP contribution in [0.2, 0.25) is 0 Å². The number of amides is 1. The van der Waals surface area contributed by atoms with Gasteiger partial charge in [0.1, 0.15) is 0 Å². The summed E-state index contributed by atoms with van der Waals surface area (Å²) in [7, 11) is 0. The first-order chi connectivity index (χ1) is 6.72. The molecule has 1 rings (SSSR count). The molecule has 1 amide bonds. The second-order valence-corrected chi connectivity index (χ2v) is 4.58. The Morgan fingerprint density at radius 3 is 3.14 bits per heavy atom. The fourth-order valence-corrected chi connectivity index (χ4v) is 2.03. The zero-order valence-electron chi connectivity index (χ0n) is 7.82. The van der Waals surface area contributed by atoms with E-state index in [0.717, 1.165) is 5.69 Å². The highest BCUT2D eigenvalue weighted by atomic mass is 32.2. The number of aryl methyl sites for hydroxylation is 1. The molecule has 0 spiro atoms. The maximum Gasteiger partial charge on any atom is 0.236 e. The highest BCUT2D eigenvalue weighted by molar-refractivity contribution is 7.99. The van der Waals surface area contributed by atoms with E-state index in [0.29, 0.717) is 16.6 Å². The van der Waals surface area contributed by atoms with Gasteiger partial charge in [-0.15, -0.1) is 23.1 Å². The molecule has 0 aromatic carbocycles. The summed E-state index contributed by atoms with van der Waals surface area (Å²) in [6.45, 7) is 1.99. The van der Waals surface area contributed by atoms with Gasteiger partial charge in [-0.3, -0.25) is 4.79 Å². The van der Waals surface area contributed by atoms with Crippen LogP contribution < -0.4 is 5.32 Å². The van der Waals surface area contributed by atoms with Crippen LogP contribution in [0, 0.1) is 6.92 Å². The van der Waals surface area contributed by atoms with Gasteiger partial charge in [-0.1, -0.05) is 0 Å². The van der Waals surface area contributed by atoms with Crippen LogP contribution in [0.3, 0.4) is 0 Å². The SMILES string of the molecule is Cc1csc(NC(=O)CSCCO)n1. The molecule has 1 heterocycles. The first-order valence-corrected chi connectivity index (χ1v) is 6.16. The third-order valence-corrected chi connectivity index (χ3v) is 3.15. The number of anilines is 1. The molecule has 0 saturated heterocycles. The van der Waals surface area contributed by atoms with Crippen molar-refractivity contribution >= 4 is 34.1 Å². The van der Waals surface area contributed by atoms with Crippen LogP contribution >= 0.6 is 23.1 Å². The zero-order chi connectivity index (χ0) is 10.4. The molecular formula is C8H12N2O2S2. The van der Waals surface area contributed by atoms with Crippen molar-refractivity contribution in [1.82, 2.24) is 4.98 Å². The molecule has 0 aliphatic carbocycles. The van der Waals surface area contributed by atoms with Gasteiger partial charge in [-0.25, -0.2) is 4.98 Å². The minimum Gasteiger partial charge on any atom is -0.396 e. The van der Waals surface area contributed by atoms with E-state index in [1.54, 1.807) is 0 Å². The van der Waals surface area contributed by atoms with Gasteiger partial charge in [0.25, 0.3) is 0 Å². The number of rotatable bonds is 5. The van der Waals surface area contributed by atoms with Crippen LogP contribution in [0.1, 0.15) is 5.69 Å². The first-order valence-electron chi connectivity index (χ1n) is 4.13. The van der Waals surface area contributed by atoms with Crippen molar-refractivity contribution in [3.8, 4) is 0 Å². The fourth-order valence-electron chi connectivity index (χ4n) is 0.796. The molecule has 0 aliphatic heterocycles. The van der Waals surface area contributed by atoms with E-state index in [1.807, 2.05) is 12.3 Å². The van der Waals surface area contributed by atoms with E-state index in [1.165, 1.54) is 23.1 Å². The van der Waals surface area contributed by atoms with Gasteiger partial charge < -0.3 is 10.4 Å². The number of thiazole rings is 1. The van der Waals surface area contributed by atoms with Gasteiger partial charge in [0.05, 0.1) is 18.1 Å². The number of carbonyl (C=O) groups is 1. The second-order valence-electron chi connectivity index (χ2n) is 2.62. The zero-order valence-corrected chi connectivity index (χ0v) is 9.45. The lowest BCUT2D eigenvalue weighted by atomic mass is 10.6. The molecular weight excluding hydrogens is 220 g/mol. The lowest BCUT2D eigenvalue weighted by molar-refractivity contribution is -0.113. The Balaban J connectivity index is 2.27. The topological polar surface area (TPSA) is 62.2 Å². The van der Waals surface area contributed by atoms with E-state index in [9.17, 15) is 4.79 Å². The first kappa shape index (κ1) is 11.5. The summed E-state index contributed by atoms with van der Waals surface area (Å²) in [5, 5.41) is 13.7. The highest BCUT2D eigenvalue weighted by Crippen LogP contribution is 2.14. The highest BCUT2D eigenvalue weighted by Gasteiger charge is 2.04. The fraction of sp³-hybridized carbons (Fsp3) is 0.500. The van der Waals surface area contributed by atoms with Crippen LogP contribution in [0.15, 0.2) is 5.38 Å². The summed E-state index contributed by atoms with van der Waals surface area (Å²) < 4.78 is 0. The Morgan fingerprint density at radius 1 is 1.79 bits per heavy atom. The van der Waals surface area contributed by atoms with Gasteiger partial charge in [0.2, 0.25) is 5.91 Å². The molecule has 0 unspecified atom stereocenters. The van der Waals surface area contributed by atoms with E-state index < -0.39 is 0 Å². The van der Waals surface area contributed by atoms with Gasteiger partial charge in [-0.05, 0) is 6.92 Å². The summed E-state index contributed by atoms with van der Waals surface area (Å²) in [4.78, 5) is 15.4. The van der Waals surface area contributed by atoms with Gasteiger partial charge in [0.15, 0.2) is 5.13 Å². The van der Waals surface area contributed by atoms with Crippen molar-refractivity contribution < 1.29 is 9.90 Å². The van der Waals surface area contributed by atoms with Crippen LogP contribution in [0.5, 0.6) is 0 Å². The van der Waals surface area contributed by atoms with Crippen LogP contribution in [0.4, 0.5) is 5.13 Å². The molecule has 1 aromatic heterocycles. The smallest absolute Gasteiger partial charge is 0.236 e. The number of aliphatic hydroxyl groups is 1. The molecule has 0 atom stereocenters. The number of aromatic nitrogens is 1. The molecule has 0 bridgehead atoms. The van der Waals surface area contributed by atoms with Crippen LogP contribution in [-0.4, -0.2) is 34.1 Å².